The molecule has 1 aliphatic heterocycles. The normalized spacial score (nSPS) is 13.9. The van der Waals surface area contributed by atoms with E-state index in [1.165, 1.54) is 13.1 Å². The van der Waals surface area contributed by atoms with E-state index < -0.39 is 0 Å². The Balaban J connectivity index is 2.40. The average Bonchev–Trinajstić information content (AvgIpc) is 2.17. The van der Waals surface area contributed by atoms with Gasteiger partial charge in [0, 0.05) is 11.8 Å². The van der Waals surface area contributed by atoms with E-state index in [0.717, 1.165) is 0 Å². The maximum atomic E-state index is 11.0. The van der Waals surface area contributed by atoms with Crippen LogP contribution in [0.15, 0.2) is 12.3 Å². The number of hydrogen-bond acceptors (Lipinski definition) is 4. The predicted molar refractivity (Wildman–Crippen MR) is 45.2 cm³/mol. The van der Waals surface area contributed by atoms with E-state index in [1.807, 2.05) is 0 Å². The molecule has 2 rings (SSSR count). The monoisotopic (exact) mass is 179 g/mol. The van der Waals surface area contributed by atoms with Gasteiger partial charge in [0.2, 0.25) is 0 Å². The lowest BCUT2D eigenvalue weighted by Gasteiger charge is -2.16. The van der Waals surface area contributed by atoms with Crippen molar-refractivity contribution in [2.24, 2.45) is 0 Å². The summed E-state index contributed by atoms with van der Waals surface area (Å²) in [6.45, 7) is 2.52. The fraction of sp³-hybridized carbons (Fsp3) is 0.333. The summed E-state index contributed by atoms with van der Waals surface area (Å²) in [7, 11) is 0. The number of ketones is 1. The molecular weight excluding hydrogens is 170 g/mol. The van der Waals surface area contributed by atoms with Crippen LogP contribution < -0.4 is 9.47 Å². The first kappa shape index (κ1) is 8.04. The van der Waals surface area contributed by atoms with E-state index in [0.29, 0.717) is 30.4 Å². The molecule has 0 atom stereocenters. The molecule has 2 heterocycles. The Morgan fingerprint density at radius 2 is 2.23 bits per heavy atom. The highest BCUT2D eigenvalue weighted by molar-refractivity contribution is 5.94. The van der Waals surface area contributed by atoms with Crippen LogP contribution in [0.25, 0.3) is 0 Å². The number of nitrogens with zero attached hydrogens (tertiary/aromatic N) is 1. The van der Waals surface area contributed by atoms with Crippen molar-refractivity contribution in [3.63, 3.8) is 0 Å². The summed E-state index contributed by atoms with van der Waals surface area (Å²) in [5.41, 5.74) is 0.546. The molecule has 0 spiro atoms. The van der Waals surface area contributed by atoms with E-state index >= 15 is 0 Å². The summed E-state index contributed by atoms with van der Waals surface area (Å²) in [5, 5.41) is 0. The first-order valence-electron chi connectivity index (χ1n) is 4.04. The molecule has 0 saturated heterocycles. The highest BCUT2D eigenvalue weighted by Crippen LogP contribution is 2.27. The zero-order valence-electron chi connectivity index (χ0n) is 7.24. The van der Waals surface area contributed by atoms with Gasteiger partial charge in [-0.2, -0.15) is 0 Å². The smallest absolute Gasteiger partial charge is 0.257 e. The second-order valence-corrected chi connectivity index (χ2v) is 2.78. The minimum atomic E-state index is -0.0236. The SMILES string of the molecule is CC(=O)c1cnc2c(c1)OCCO2. The second kappa shape index (κ2) is 3.05. The second-order valence-electron chi connectivity index (χ2n) is 2.78. The Morgan fingerprint density at radius 1 is 1.46 bits per heavy atom. The van der Waals surface area contributed by atoms with E-state index in [1.54, 1.807) is 6.07 Å². The van der Waals surface area contributed by atoms with Crippen molar-refractivity contribution in [3.8, 4) is 11.6 Å². The van der Waals surface area contributed by atoms with Gasteiger partial charge in [-0.05, 0) is 13.0 Å². The van der Waals surface area contributed by atoms with Crippen LogP contribution in [0.3, 0.4) is 0 Å². The molecule has 0 N–H and O–H groups in total. The highest BCUT2D eigenvalue weighted by Gasteiger charge is 2.14. The lowest BCUT2D eigenvalue weighted by atomic mass is 10.2. The standard InChI is InChI=1S/C9H9NO3/c1-6(11)7-4-8-9(10-5-7)13-3-2-12-8/h4-5H,2-3H2,1H3. The summed E-state index contributed by atoms with van der Waals surface area (Å²) >= 11 is 0. The third-order valence-corrected chi connectivity index (χ3v) is 1.80. The van der Waals surface area contributed by atoms with Crippen molar-refractivity contribution in [1.29, 1.82) is 0 Å². The van der Waals surface area contributed by atoms with E-state index in [9.17, 15) is 4.79 Å². The van der Waals surface area contributed by atoms with Crippen molar-refractivity contribution in [2.45, 2.75) is 6.92 Å². The number of hydrogen-bond donors (Lipinski definition) is 0. The fourth-order valence-corrected chi connectivity index (χ4v) is 1.13. The molecule has 0 aromatic carbocycles. The minimum absolute atomic E-state index is 0.0236. The molecular formula is C9H9NO3. The number of Topliss-reactive ketones (excluding diaryl/α,β-unsaturated/α-hetero) is 1. The minimum Gasteiger partial charge on any atom is -0.484 e. The summed E-state index contributed by atoms with van der Waals surface area (Å²) in [5.74, 6) is 1.000. The Morgan fingerprint density at radius 3 is 3.00 bits per heavy atom. The van der Waals surface area contributed by atoms with Gasteiger partial charge in [-0.25, -0.2) is 4.98 Å². The van der Waals surface area contributed by atoms with Crippen molar-refractivity contribution < 1.29 is 14.3 Å². The van der Waals surface area contributed by atoms with Gasteiger partial charge < -0.3 is 9.47 Å². The zero-order valence-corrected chi connectivity index (χ0v) is 7.24. The molecule has 4 nitrogen and oxygen atoms in total. The molecule has 0 radical (unpaired) electrons. The average molecular weight is 179 g/mol. The Hall–Kier alpha value is -1.58. The van der Waals surface area contributed by atoms with Crippen LogP contribution >= 0.6 is 0 Å². The third kappa shape index (κ3) is 1.47. The van der Waals surface area contributed by atoms with Gasteiger partial charge in [0.25, 0.3) is 5.88 Å². The molecule has 13 heavy (non-hydrogen) atoms. The summed E-state index contributed by atoms with van der Waals surface area (Å²) in [4.78, 5) is 15.0. The lowest BCUT2D eigenvalue weighted by Crippen LogP contribution is -2.16. The van der Waals surface area contributed by atoms with Gasteiger partial charge in [-0.3, -0.25) is 4.79 Å². The van der Waals surface area contributed by atoms with Gasteiger partial charge in [0.05, 0.1) is 0 Å². The first-order chi connectivity index (χ1) is 6.27. The van der Waals surface area contributed by atoms with E-state index in [2.05, 4.69) is 4.98 Å². The largest absolute Gasteiger partial charge is 0.484 e. The van der Waals surface area contributed by atoms with E-state index in [-0.39, 0.29) is 5.78 Å². The maximum absolute atomic E-state index is 11.0. The van der Waals surface area contributed by atoms with Crippen LogP contribution in [0.1, 0.15) is 17.3 Å². The molecule has 0 bridgehead atoms. The number of carbonyl (C=O) groups is 1. The number of carbonyl (C=O) groups excluding carboxylic acids is 1. The quantitative estimate of drug-likeness (QED) is 0.605. The lowest BCUT2D eigenvalue weighted by molar-refractivity contribution is 0.101. The zero-order chi connectivity index (χ0) is 9.26. The van der Waals surface area contributed by atoms with Crippen LogP contribution in [0, 0.1) is 0 Å². The fourth-order valence-electron chi connectivity index (χ4n) is 1.13. The Labute approximate surface area is 75.5 Å². The third-order valence-electron chi connectivity index (χ3n) is 1.80. The number of fused-ring (bicyclic) bond motifs is 1. The van der Waals surface area contributed by atoms with Crippen molar-refractivity contribution in [1.82, 2.24) is 4.98 Å². The van der Waals surface area contributed by atoms with Crippen LogP contribution in [0.5, 0.6) is 11.6 Å². The van der Waals surface area contributed by atoms with Crippen LogP contribution in [0.2, 0.25) is 0 Å². The van der Waals surface area contributed by atoms with Crippen LogP contribution in [-0.2, 0) is 0 Å². The van der Waals surface area contributed by atoms with Crippen LogP contribution in [-0.4, -0.2) is 24.0 Å². The van der Waals surface area contributed by atoms with Crippen molar-refractivity contribution >= 4 is 5.78 Å². The molecule has 0 unspecified atom stereocenters. The Bertz CT molecular complexity index is 349. The van der Waals surface area contributed by atoms with Crippen molar-refractivity contribution in [3.05, 3.63) is 17.8 Å². The summed E-state index contributed by atoms with van der Waals surface area (Å²) < 4.78 is 10.5. The maximum Gasteiger partial charge on any atom is 0.257 e. The number of pyridine rings is 1. The number of aromatic nitrogens is 1. The van der Waals surface area contributed by atoms with Crippen LogP contribution in [0.4, 0.5) is 0 Å². The van der Waals surface area contributed by atoms with Gasteiger partial charge in [0.1, 0.15) is 13.2 Å². The number of rotatable bonds is 1. The molecule has 1 aliphatic rings. The molecule has 1 aromatic rings. The first-order valence-corrected chi connectivity index (χ1v) is 4.04. The van der Waals surface area contributed by atoms with Gasteiger partial charge in [-0.15, -0.1) is 0 Å². The molecule has 4 heteroatoms. The molecule has 0 saturated carbocycles. The molecule has 0 fully saturated rings. The summed E-state index contributed by atoms with van der Waals surface area (Å²) in [6, 6.07) is 1.66. The van der Waals surface area contributed by atoms with Gasteiger partial charge in [-0.1, -0.05) is 0 Å². The van der Waals surface area contributed by atoms with E-state index in [4.69, 9.17) is 9.47 Å². The molecule has 0 aliphatic carbocycles. The van der Waals surface area contributed by atoms with Crippen molar-refractivity contribution in [2.75, 3.05) is 13.2 Å². The van der Waals surface area contributed by atoms with Gasteiger partial charge >= 0.3 is 0 Å². The highest BCUT2D eigenvalue weighted by atomic mass is 16.6. The molecule has 0 amide bonds. The van der Waals surface area contributed by atoms with Gasteiger partial charge in [0.15, 0.2) is 11.5 Å². The predicted octanol–water partition coefficient (Wildman–Crippen LogP) is 1.06. The molecule has 68 valence electrons. The Kier molecular flexibility index (Phi) is 1.88. The molecule has 1 aromatic heterocycles. The summed E-state index contributed by atoms with van der Waals surface area (Å²) in [6.07, 6.45) is 1.50. The number of ether oxygens (including phenoxy) is 2. The topological polar surface area (TPSA) is 48.4 Å².